The smallest absolute Gasteiger partial charge is 0.0750 e. The Bertz CT molecular complexity index is 448. The van der Waals surface area contributed by atoms with Crippen molar-refractivity contribution < 1.29 is 10.2 Å². The largest absolute Gasteiger partial charge is 0.395 e. The van der Waals surface area contributed by atoms with E-state index in [0.29, 0.717) is 6.61 Å². The predicted molar refractivity (Wildman–Crippen MR) is 76.7 cm³/mol. The summed E-state index contributed by atoms with van der Waals surface area (Å²) >= 11 is 0. The summed E-state index contributed by atoms with van der Waals surface area (Å²) in [6, 6.07) is 0. The molecule has 3 unspecified atom stereocenters. The van der Waals surface area contributed by atoms with E-state index in [1.54, 1.807) is 0 Å². The van der Waals surface area contributed by atoms with Crippen molar-refractivity contribution in [2.45, 2.75) is 64.9 Å². The van der Waals surface area contributed by atoms with Crippen LogP contribution in [-0.4, -0.2) is 22.9 Å². The van der Waals surface area contributed by atoms with Crippen LogP contribution < -0.4 is 0 Å². The molecule has 2 N–H and O–H groups in total. The van der Waals surface area contributed by atoms with Gasteiger partial charge in [-0.05, 0) is 57.4 Å². The van der Waals surface area contributed by atoms with Gasteiger partial charge >= 0.3 is 0 Å². The highest BCUT2D eigenvalue weighted by Crippen LogP contribution is 2.61. The highest BCUT2D eigenvalue weighted by atomic mass is 16.3. The Balaban J connectivity index is 2.11. The summed E-state index contributed by atoms with van der Waals surface area (Å²) in [4.78, 5) is 0. The first-order valence-electron chi connectivity index (χ1n) is 7.74. The fourth-order valence-corrected chi connectivity index (χ4v) is 4.92. The van der Waals surface area contributed by atoms with Crippen LogP contribution in [-0.2, 0) is 0 Å². The summed E-state index contributed by atoms with van der Waals surface area (Å²) in [6.07, 6.45) is 9.68. The third-order valence-electron chi connectivity index (χ3n) is 6.09. The lowest BCUT2D eigenvalue weighted by molar-refractivity contribution is 0.0758. The van der Waals surface area contributed by atoms with E-state index in [0.717, 1.165) is 38.5 Å². The number of hydrogen-bond donors (Lipinski definition) is 2. The van der Waals surface area contributed by atoms with Gasteiger partial charge in [0.1, 0.15) is 0 Å². The van der Waals surface area contributed by atoms with Gasteiger partial charge in [-0.25, -0.2) is 0 Å². The van der Waals surface area contributed by atoms with Crippen LogP contribution in [0.1, 0.15) is 58.8 Å². The molecule has 2 nitrogen and oxygen atoms in total. The summed E-state index contributed by atoms with van der Waals surface area (Å²) in [5.74, 6) is 0. The van der Waals surface area contributed by atoms with E-state index in [2.05, 4.69) is 19.9 Å². The first kappa shape index (κ1) is 13.4. The summed E-state index contributed by atoms with van der Waals surface area (Å²) in [5, 5.41) is 20.1. The minimum atomic E-state index is -0.242. The van der Waals surface area contributed by atoms with Crippen molar-refractivity contribution in [3.05, 3.63) is 22.8 Å². The van der Waals surface area contributed by atoms with Gasteiger partial charge in [-0.1, -0.05) is 24.1 Å². The van der Waals surface area contributed by atoms with Gasteiger partial charge in [0.05, 0.1) is 12.7 Å². The zero-order valence-corrected chi connectivity index (χ0v) is 12.2. The van der Waals surface area contributed by atoms with E-state index in [1.165, 1.54) is 23.1 Å². The lowest BCUT2D eigenvalue weighted by Gasteiger charge is -2.54. The third-order valence-corrected chi connectivity index (χ3v) is 6.09. The van der Waals surface area contributed by atoms with Crippen molar-refractivity contribution in [3.8, 4) is 0 Å². The fourth-order valence-electron chi connectivity index (χ4n) is 4.92. The number of aliphatic hydroxyl groups is 2. The van der Waals surface area contributed by atoms with Gasteiger partial charge in [-0.15, -0.1) is 0 Å². The number of aliphatic hydroxyl groups excluding tert-OH is 2. The second kappa shape index (κ2) is 4.46. The molecule has 0 bridgehead atoms. The standard InChI is InChI=1S/C17H26O2/c1-12-13-6-10-17(11-18)8-4-3-5-15(17)16(13,2)9-7-14(12)19/h5,14,18-19H,3-4,6-11H2,1-2H3. The molecule has 3 aliphatic rings. The number of fused-ring (bicyclic) bond motifs is 3. The minimum absolute atomic E-state index is 0.0407. The summed E-state index contributed by atoms with van der Waals surface area (Å²) in [5.41, 5.74) is 4.29. The average molecular weight is 262 g/mol. The predicted octanol–water partition coefficient (Wildman–Crippen LogP) is 3.35. The molecule has 3 rings (SSSR count). The Hall–Kier alpha value is -0.600. The lowest BCUT2D eigenvalue weighted by Crippen LogP contribution is -2.45. The highest BCUT2D eigenvalue weighted by molar-refractivity contribution is 5.42. The normalized spacial score (nSPS) is 42.5. The van der Waals surface area contributed by atoms with Gasteiger partial charge in [-0.2, -0.15) is 0 Å². The second-order valence-corrected chi connectivity index (χ2v) is 7.00. The van der Waals surface area contributed by atoms with Crippen LogP contribution in [0.2, 0.25) is 0 Å². The molecule has 0 spiro atoms. The Labute approximate surface area is 116 Å². The Morgan fingerprint density at radius 3 is 2.84 bits per heavy atom. The quantitative estimate of drug-likeness (QED) is 0.711. The number of allylic oxidation sites excluding steroid dienone is 2. The zero-order valence-electron chi connectivity index (χ0n) is 12.2. The molecule has 0 aliphatic heterocycles. The van der Waals surface area contributed by atoms with Crippen LogP contribution >= 0.6 is 0 Å². The van der Waals surface area contributed by atoms with E-state index in [-0.39, 0.29) is 16.9 Å². The third kappa shape index (κ3) is 1.76. The maximum atomic E-state index is 10.1. The Morgan fingerprint density at radius 2 is 2.11 bits per heavy atom. The molecule has 1 saturated carbocycles. The van der Waals surface area contributed by atoms with Crippen LogP contribution in [0.15, 0.2) is 22.8 Å². The first-order valence-corrected chi connectivity index (χ1v) is 7.74. The molecule has 0 aromatic rings. The van der Waals surface area contributed by atoms with Crippen LogP contribution in [0, 0.1) is 10.8 Å². The molecule has 2 heteroatoms. The maximum Gasteiger partial charge on any atom is 0.0750 e. The van der Waals surface area contributed by atoms with Gasteiger partial charge in [-0.3, -0.25) is 0 Å². The first-order chi connectivity index (χ1) is 9.03. The van der Waals surface area contributed by atoms with Crippen LogP contribution in [0.25, 0.3) is 0 Å². The van der Waals surface area contributed by atoms with E-state index in [9.17, 15) is 10.2 Å². The van der Waals surface area contributed by atoms with Gasteiger partial charge in [0.25, 0.3) is 0 Å². The summed E-state index contributed by atoms with van der Waals surface area (Å²) < 4.78 is 0. The van der Waals surface area contributed by atoms with Crippen molar-refractivity contribution in [2.24, 2.45) is 10.8 Å². The molecule has 1 fully saturated rings. The van der Waals surface area contributed by atoms with Crippen LogP contribution in [0.4, 0.5) is 0 Å². The molecule has 0 amide bonds. The molecule has 0 radical (unpaired) electrons. The van der Waals surface area contributed by atoms with Crippen LogP contribution in [0.5, 0.6) is 0 Å². The van der Waals surface area contributed by atoms with E-state index in [1.807, 2.05) is 0 Å². The Kier molecular flexibility index (Phi) is 3.14. The monoisotopic (exact) mass is 262 g/mol. The van der Waals surface area contributed by atoms with Gasteiger partial charge in [0, 0.05) is 10.8 Å². The topological polar surface area (TPSA) is 40.5 Å². The molecule has 106 valence electrons. The van der Waals surface area contributed by atoms with Crippen molar-refractivity contribution in [2.75, 3.05) is 6.61 Å². The van der Waals surface area contributed by atoms with Crippen LogP contribution in [0.3, 0.4) is 0 Å². The molecular formula is C17H26O2. The second-order valence-electron chi connectivity index (χ2n) is 7.00. The van der Waals surface area contributed by atoms with Gasteiger partial charge in [0.2, 0.25) is 0 Å². The lowest BCUT2D eigenvalue weighted by atomic mass is 9.51. The Morgan fingerprint density at radius 1 is 1.32 bits per heavy atom. The van der Waals surface area contributed by atoms with Crippen molar-refractivity contribution in [3.63, 3.8) is 0 Å². The molecule has 0 heterocycles. The molecule has 3 aliphatic carbocycles. The molecule has 3 atom stereocenters. The fraction of sp³-hybridized carbons (Fsp3) is 0.765. The number of hydrogen-bond acceptors (Lipinski definition) is 2. The molecule has 19 heavy (non-hydrogen) atoms. The zero-order chi connectivity index (χ0) is 13.7. The van der Waals surface area contributed by atoms with E-state index >= 15 is 0 Å². The van der Waals surface area contributed by atoms with Crippen molar-refractivity contribution in [1.29, 1.82) is 0 Å². The molecule has 0 aromatic heterocycles. The van der Waals surface area contributed by atoms with E-state index in [4.69, 9.17) is 0 Å². The summed E-state index contributed by atoms with van der Waals surface area (Å²) in [6.45, 7) is 4.74. The maximum absolute atomic E-state index is 10.1. The molecular weight excluding hydrogens is 236 g/mol. The van der Waals surface area contributed by atoms with Crippen molar-refractivity contribution in [1.82, 2.24) is 0 Å². The summed E-state index contributed by atoms with van der Waals surface area (Å²) in [7, 11) is 0. The highest BCUT2D eigenvalue weighted by Gasteiger charge is 2.51. The molecule has 0 aromatic carbocycles. The van der Waals surface area contributed by atoms with Crippen molar-refractivity contribution >= 4 is 0 Å². The van der Waals surface area contributed by atoms with E-state index < -0.39 is 0 Å². The number of rotatable bonds is 1. The SMILES string of the molecule is CC1=C2CCC3(CO)CCCC=C3C2(C)CCC1O. The van der Waals surface area contributed by atoms with Gasteiger partial charge < -0.3 is 10.2 Å². The minimum Gasteiger partial charge on any atom is -0.395 e. The molecule has 0 saturated heterocycles. The van der Waals surface area contributed by atoms with Gasteiger partial charge in [0.15, 0.2) is 0 Å². The average Bonchev–Trinajstić information content (AvgIpc) is 2.43.